The first-order chi connectivity index (χ1) is 11.8. The number of ether oxygens (including phenoxy) is 1. The molecule has 4 rings (SSSR count). The topological polar surface area (TPSA) is 41.5 Å². The van der Waals surface area contributed by atoms with Crippen molar-refractivity contribution in [1.29, 1.82) is 0 Å². The smallest absolute Gasteiger partial charge is 0.221 e. The Balaban J connectivity index is 1.46. The third kappa shape index (κ3) is 3.22. The first-order valence-corrected chi connectivity index (χ1v) is 8.81. The fraction of sp³-hybridized carbons (Fsp3) is 0.474. The van der Waals surface area contributed by atoms with Crippen LogP contribution in [0.25, 0.3) is 0 Å². The zero-order valence-electron chi connectivity index (χ0n) is 14.1. The summed E-state index contributed by atoms with van der Waals surface area (Å²) in [5, 5.41) is 0. The number of pyridine rings is 2. The van der Waals surface area contributed by atoms with Crippen molar-refractivity contribution in [1.82, 2.24) is 14.9 Å². The third-order valence-electron chi connectivity index (χ3n) is 5.32. The zero-order valence-corrected chi connectivity index (χ0v) is 14.1. The Morgan fingerprint density at radius 1 is 1.00 bits per heavy atom. The van der Waals surface area contributed by atoms with E-state index in [4.69, 9.17) is 4.74 Å². The van der Waals surface area contributed by atoms with Gasteiger partial charge in [-0.25, -0.2) is 9.97 Å². The van der Waals surface area contributed by atoms with Crippen molar-refractivity contribution in [3.8, 4) is 11.8 Å². The molecule has 2 aliphatic heterocycles. The van der Waals surface area contributed by atoms with E-state index in [1.54, 1.807) is 6.20 Å². The van der Waals surface area contributed by atoms with Gasteiger partial charge in [-0.3, -0.25) is 4.90 Å². The number of aromatic nitrogens is 2. The highest BCUT2D eigenvalue weighted by Crippen LogP contribution is 2.30. The van der Waals surface area contributed by atoms with Crippen molar-refractivity contribution in [2.24, 2.45) is 0 Å². The molecule has 2 atom stereocenters. The van der Waals surface area contributed by atoms with Crippen LogP contribution >= 0.6 is 0 Å². The minimum atomic E-state index is 0.572. The lowest BCUT2D eigenvalue weighted by Gasteiger charge is -2.37. The summed E-state index contributed by atoms with van der Waals surface area (Å²) in [5.74, 6) is 1.16. The molecule has 2 unspecified atom stereocenters. The summed E-state index contributed by atoms with van der Waals surface area (Å²) in [6.45, 7) is 2.20. The summed E-state index contributed by atoms with van der Waals surface area (Å²) in [5.41, 5.74) is 1.18. The van der Waals surface area contributed by atoms with Crippen LogP contribution in [0, 0.1) is 0 Å². The number of rotatable bonds is 3. The molecule has 5 heteroatoms. The molecule has 5 nitrogen and oxygen atoms in total. The van der Waals surface area contributed by atoms with Crippen LogP contribution in [0.3, 0.4) is 0 Å². The van der Waals surface area contributed by atoms with Gasteiger partial charge in [0.25, 0.3) is 0 Å². The summed E-state index contributed by atoms with van der Waals surface area (Å²) in [7, 11) is 2.29. The molecule has 0 radical (unpaired) electrons. The lowest BCUT2D eigenvalue weighted by atomic mass is 9.96. The molecule has 0 aliphatic carbocycles. The van der Waals surface area contributed by atoms with Gasteiger partial charge in [0.05, 0.1) is 11.9 Å². The molecular weight excluding hydrogens is 300 g/mol. The van der Waals surface area contributed by atoms with Gasteiger partial charge < -0.3 is 9.64 Å². The van der Waals surface area contributed by atoms with Crippen LogP contribution in [-0.2, 0) is 0 Å². The molecule has 126 valence electrons. The van der Waals surface area contributed by atoms with Crippen LogP contribution in [-0.4, -0.2) is 47.1 Å². The quantitative estimate of drug-likeness (QED) is 0.866. The second-order valence-electron chi connectivity index (χ2n) is 6.76. The van der Waals surface area contributed by atoms with Crippen molar-refractivity contribution in [2.45, 2.75) is 37.8 Å². The maximum atomic E-state index is 5.68. The summed E-state index contributed by atoms with van der Waals surface area (Å²) < 4.78 is 5.68. The lowest BCUT2D eigenvalue weighted by molar-refractivity contribution is 0.127. The Morgan fingerprint density at radius 3 is 2.67 bits per heavy atom. The number of piperidine rings is 1. The normalized spacial score (nSPS) is 24.5. The fourth-order valence-corrected chi connectivity index (χ4v) is 3.88. The third-order valence-corrected chi connectivity index (χ3v) is 5.32. The molecule has 0 aromatic carbocycles. The van der Waals surface area contributed by atoms with E-state index in [1.165, 1.54) is 31.4 Å². The van der Waals surface area contributed by atoms with Crippen LogP contribution in [0.4, 0.5) is 5.69 Å². The van der Waals surface area contributed by atoms with Crippen molar-refractivity contribution in [3.05, 3.63) is 42.7 Å². The van der Waals surface area contributed by atoms with E-state index in [1.807, 2.05) is 30.5 Å². The molecule has 2 aliphatic rings. The summed E-state index contributed by atoms with van der Waals surface area (Å²) in [4.78, 5) is 13.7. The van der Waals surface area contributed by atoms with E-state index in [9.17, 15) is 0 Å². The molecule has 0 spiro atoms. The summed E-state index contributed by atoms with van der Waals surface area (Å²) >= 11 is 0. The number of nitrogens with zero attached hydrogens (tertiary/aromatic N) is 4. The Labute approximate surface area is 143 Å². The van der Waals surface area contributed by atoms with E-state index in [2.05, 4.69) is 32.9 Å². The van der Waals surface area contributed by atoms with E-state index < -0.39 is 0 Å². The number of hydrogen-bond acceptors (Lipinski definition) is 5. The average molecular weight is 324 g/mol. The lowest BCUT2D eigenvalue weighted by Crippen LogP contribution is -2.45. The molecule has 2 aromatic rings. The second-order valence-corrected chi connectivity index (χ2v) is 6.76. The Bertz CT molecular complexity index is 661. The molecular formula is C19H24N4O. The molecule has 4 heterocycles. The van der Waals surface area contributed by atoms with Gasteiger partial charge in [0, 0.05) is 43.5 Å². The van der Waals surface area contributed by atoms with Crippen molar-refractivity contribution in [3.63, 3.8) is 0 Å². The van der Waals surface area contributed by atoms with E-state index in [0.717, 1.165) is 19.1 Å². The van der Waals surface area contributed by atoms with Crippen LogP contribution in [0.2, 0.25) is 0 Å². The van der Waals surface area contributed by atoms with E-state index in [0.29, 0.717) is 17.8 Å². The molecule has 0 amide bonds. The zero-order chi connectivity index (χ0) is 16.4. The summed E-state index contributed by atoms with van der Waals surface area (Å²) in [6, 6.07) is 11.1. The number of anilines is 1. The van der Waals surface area contributed by atoms with Gasteiger partial charge in [-0.2, -0.15) is 0 Å². The number of hydrogen-bond donors (Lipinski definition) is 0. The highest BCUT2D eigenvalue weighted by atomic mass is 16.5. The highest BCUT2D eigenvalue weighted by molar-refractivity contribution is 5.46. The molecule has 2 fully saturated rings. The predicted molar refractivity (Wildman–Crippen MR) is 94.6 cm³/mol. The minimum absolute atomic E-state index is 0.572. The van der Waals surface area contributed by atoms with Crippen molar-refractivity contribution < 1.29 is 4.74 Å². The maximum absolute atomic E-state index is 5.68. The number of likely N-dealkylation sites (N-methyl/N-ethyl adjacent to an activating group) is 1. The van der Waals surface area contributed by atoms with Gasteiger partial charge in [-0.15, -0.1) is 0 Å². The van der Waals surface area contributed by atoms with Gasteiger partial charge in [-0.05, 0) is 38.4 Å². The number of fused-ring (bicyclic) bond motifs is 2. The van der Waals surface area contributed by atoms with E-state index >= 15 is 0 Å². The molecule has 2 saturated heterocycles. The highest BCUT2D eigenvalue weighted by Gasteiger charge is 2.32. The monoisotopic (exact) mass is 324 g/mol. The van der Waals surface area contributed by atoms with Crippen molar-refractivity contribution >= 4 is 5.69 Å². The standard InChI is InChI=1S/C19H24N4O/c1-22-15-5-4-6-17(22)14-23(12-10-15)16-8-9-19(21-13-16)24-18-7-2-3-11-20-18/h2-3,7-9,11,13,15,17H,4-6,10,12,14H2,1H3. The van der Waals surface area contributed by atoms with Crippen molar-refractivity contribution in [2.75, 3.05) is 25.0 Å². The second kappa shape index (κ2) is 6.77. The Morgan fingerprint density at radius 2 is 1.88 bits per heavy atom. The largest absolute Gasteiger partial charge is 0.421 e. The average Bonchev–Trinajstić information content (AvgIpc) is 2.71. The van der Waals surface area contributed by atoms with Crippen LogP contribution < -0.4 is 9.64 Å². The van der Waals surface area contributed by atoms with Crippen LogP contribution in [0.5, 0.6) is 11.8 Å². The van der Waals surface area contributed by atoms with Gasteiger partial charge >= 0.3 is 0 Å². The molecule has 24 heavy (non-hydrogen) atoms. The molecule has 2 aromatic heterocycles. The molecule has 2 bridgehead atoms. The van der Waals surface area contributed by atoms with Gasteiger partial charge in [0.15, 0.2) is 0 Å². The molecule has 0 N–H and O–H groups in total. The first-order valence-electron chi connectivity index (χ1n) is 8.81. The van der Waals surface area contributed by atoms with Crippen LogP contribution in [0.15, 0.2) is 42.7 Å². The molecule has 0 saturated carbocycles. The minimum Gasteiger partial charge on any atom is -0.421 e. The Kier molecular flexibility index (Phi) is 4.34. The fourth-order valence-electron chi connectivity index (χ4n) is 3.88. The van der Waals surface area contributed by atoms with E-state index in [-0.39, 0.29) is 0 Å². The van der Waals surface area contributed by atoms with Gasteiger partial charge in [0.2, 0.25) is 11.8 Å². The van der Waals surface area contributed by atoms with Gasteiger partial charge in [-0.1, -0.05) is 12.5 Å². The first kappa shape index (κ1) is 15.4. The predicted octanol–water partition coefficient (Wildman–Crippen LogP) is 3.33. The summed E-state index contributed by atoms with van der Waals surface area (Å²) in [6.07, 6.45) is 8.89. The Hall–Kier alpha value is -2.14. The van der Waals surface area contributed by atoms with Crippen LogP contribution in [0.1, 0.15) is 25.7 Å². The van der Waals surface area contributed by atoms with Gasteiger partial charge in [0.1, 0.15) is 0 Å². The SMILES string of the molecule is CN1C2CCCC1CN(c1ccc(Oc3ccccn3)nc1)CC2. The maximum Gasteiger partial charge on any atom is 0.221 e.